The summed E-state index contributed by atoms with van der Waals surface area (Å²) in [5.41, 5.74) is 11.0. The Hall–Kier alpha value is -2.33. The topological polar surface area (TPSA) is 66.7 Å². The molecule has 96 valence electrons. The fourth-order valence-electron chi connectivity index (χ4n) is 2.20. The van der Waals surface area contributed by atoms with Crippen molar-refractivity contribution in [3.8, 4) is 11.1 Å². The average Bonchev–Trinajstić information content (AvgIpc) is 2.81. The highest BCUT2D eigenvalue weighted by Crippen LogP contribution is 2.25. The quantitative estimate of drug-likeness (QED) is 0.671. The lowest BCUT2D eigenvalue weighted by Gasteiger charge is -2.04. The van der Waals surface area contributed by atoms with Gasteiger partial charge in [-0.15, -0.1) is 0 Å². The number of nitrogens with one attached hydrogen (secondary N) is 2. The van der Waals surface area contributed by atoms with Crippen LogP contribution in [0.2, 0.25) is 0 Å². The van der Waals surface area contributed by atoms with E-state index in [1.807, 2.05) is 13.2 Å². The Balaban J connectivity index is 2.00. The lowest BCUT2D eigenvalue weighted by molar-refractivity contribution is 0.818. The van der Waals surface area contributed by atoms with Crippen LogP contribution in [-0.4, -0.2) is 17.0 Å². The molecule has 0 bridgehead atoms. The molecule has 0 aliphatic heterocycles. The minimum atomic E-state index is 0.733. The van der Waals surface area contributed by atoms with E-state index in [1.54, 1.807) is 6.20 Å². The minimum Gasteiger partial charge on any atom is -0.397 e. The van der Waals surface area contributed by atoms with Crippen molar-refractivity contribution in [3.63, 3.8) is 0 Å². The number of pyridine rings is 1. The summed E-state index contributed by atoms with van der Waals surface area (Å²) in [7, 11) is 1.94. The molecule has 2 heterocycles. The van der Waals surface area contributed by atoms with Crippen molar-refractivity contribution in [2.24, 2.45) is 0 Å². The van der Waals surface area contributed by atoms with Crippen molar-refractivity contribution >= 4 is 16.7 Å². The van der Waals surface area contributed by atoms with Crippen molar-refractivity contribution < 1.29 is 0 Å². The Morgan fingerprint density at radius 3 is 2.74 bits per heavy atom. The zero-order valence-corrected chi connectivity index (χ0v) is 10.8. The second-order valence-corrected chi connectivity index (χ2v) is 4.59. The molecule has 2 aromatic heterocycles. The zero-order valence-electron chi connectivity index (χ0n) is 10.8. The first-order chi connectivity index (χ1) is 9.28. The highest BCUT2D eigenvalue weighted by atomic mass is 14.9. The molecule has 0 atom stereocenters. The average molecular weight is 252 g/mol. The summed E-state index contributed by atoms with van der Waals surface area (Å²) in [5.74, 6) is 0. The molecule has 0 unspecified atom stereocenters. The van der Waals surface area contributed by atoms with Gasteiger partial charge in [0, 0.05) is 29.9 Å². The van der Waals surface area contributed by atoms with Crippen molar-refractivity contribution in [1.82, 2.24) is 15.3 Å². The monoisotopic (exact) mass is 252 g/mol. The second kappa shape index (κ2) is 4.74. The van der Waals surface area contributed by atoms with E-state index in [9.17, 15) is 0 Å². The first-order valence-electron chi connectivity index (χ1n) is 6.24. The van der Waals surface area contributed by atoms with Crippen LogP contribution < -0.4 is 11.1 Å². The van der Waals surface area contributed by atoms with Crippen LogP contribution in [0.15, 0.2) is 42.7 Å². The van der Waals surface area contributed by atoms with Gasteiger partial charge in [0.25, 0.3) is 0 Å². The Bertz CT molecular complexity index is 698. The van der Waals surface area contributed by atoms with Crippen LogP contribution in [-0.2, 0) is 6.54 Å². The van der Waals surface area contributed by atoms with Gasteiger partial charge in [-0.2, -0.15) is 0 Å². The van der Waals surface area contributed by atoms with Gasteiger partial charge in [-0.3, -0.25) is 0 Å². The molecule has 19 heavy (non-hydrogen) atoms. The molecule has 4 nitrogen and oxygen atoms in total. The number of hydrogen-bond donors (Lipinski definition) is 3. The van der Waals surface area contributed by atoms with Crippen molar-refractivity contribution in [1.29, 1.82) is 0 Å². The summed E-state index contributed by atoms with van der Waals surface area (Å²) in [5, 5.41) is 4.11. The van der Waals surface area contributed by atoms with E-state index < -0.39 is 0 Å². The molecular formula is C15H16N4. The van der Waals surface area contributed by atoms with E-state index in [0.29, 0.717) is 0 Å². The maximum absolute atomic E-state index is 5.91. The number of nitrogen functional groups attached to an aromatic ring is 1. The fourth-order valence-corrected chi connectivity index (χ4v) is 2.20. The third-order valence-electron chi connectivity index (χ3n) is 3.23. The van der Waals surface area contributed by atoms with E-state index in [-0.39, 0.29) is 0 Å². The lowest BCUT2D eigenvalue weighted by Crippen LogP contribution is -2.04. The number of nitrogens with two attached hydrogens (primary N) is 1. The van der Waals surface area contributed by atoms with Gasteiger partial charge >= 0.3 is 0 Å². The summed E-state index contributed by atoms with van der Waals surface area (Å²) in [6.45, 7) is 0.877. The number of aromatic amines is 1. The van der Waals surface area contributed by atoms with Gasteiger partial charge in [0.15, 0.2) is 0 Å². The number of fused-ring (bicyclic) bond motifs is 1. The number of anilines is 1. The van der Waals surface area contributed by atoms with Gasteiger partial charge in [-0.25, -0.2) is 4.98 Å². The van der Waals surface area contributed by atoms with Gasteiger partial charge in [-0.1, -0.05) is 24.3 Å². The second-order valence-electron chi connectivity index (χ2n) is 4.59. The Kier molecular flexibility index (Phi) is 2.93. The summed E-state index contributed by atoms with van der Waals surface area (Å²) < 4.78 is 0. The van der Waals surface area contributed by atoms with Crippen LogP contribution in [0.1, 0.15) is 5.56 Å². The first-order valence-corrected chi connectivity index (χ1v) is 6.24. The normalized spacial score (nSPS) is 11.0. The Labute approximate surface area is 111 Å². The highest BCUT2D eigenvalue weighted by molar-refractivity contribution is 5.91. The molecule has 0 fully saturated rings. The predicted molar refractivity (Wildman–Crippen MR) is 78.7 cm³/mol. The third-order valence-corrected chi connectivity index (χ3v) is 3.23. The molecule has 0 saturated carbocycles. The summed E-state index contributed by atoms with van der Waals surface area (Å²) >= 11 is 0. The molecule has 1 aromatic carbocycles. The van der Waals surface area contributed by atoms with Crippen LogP contribution in [0.3, 0.4) is 0 Å². The van der Waals surface area contributed by atoms with E-state index in [0.717, 1.165) is 34.4 Å². The maximum Gasteiger partial charge on any atom is 0.139 e. The number of H-pyrrole nitrogens is 1. The number of aromatic nitrogens is 2. The van der Waals surface area contributed by atoms with E-state index in [1.165, 1.54) is 5.56 Å². The molecule has 3 aromatic rings. The maximum atomic E-state index is 5.91. The molecule has 0 aliphatic rings. The number of benzene rings is 1. The molecule has 0 aliphatic carbocycles. The molecule has 0 saturated heterocycles. The van der Waals surface area contributed by atoms with Gasteiger partial charge in [-0.05, 0) is 24.2 Å². The fraction of sp³-hybridized carbons (Fsp3) is 0.133. The predicted octanol–water partition coefficient (Wildman–Crippen LogP) is 2.53. The van der Waals surface area contributed by atoms with Gasteiger partial charge < -0.3 is 16.0 Å². The van der Waals surface area contributed by atoms with Crippen molar-refractivity contribution in [3.05, 3.63) is 48.3 Å². The van der Waals surface area contributed by atoms with Crippen LogP contribution in [0.5, 0.6) is 0 Å². The summed E-state index contributed by atoms with van der Waals surface area (Å²) in [4.78, 5) is 7.44. The van der Waals surface area contributed by atoms with Gasteiger partial charge in [0.2, 0.25) is 0 Å². The third kappa shape index (κ3) is 2.18. The molecule has 0 amide bonds. The summed E-state index contributed by atoms with van der Waals surface area (Å²) in [6, 6.07) is 10.5. The van der Waals surface area contributed by atoms with E-state index in [2.05, 4.69) is 45.6 Å². The highest BCUT2D eigenvalue weighted by Gasteiger charge is 2.04. The lowest BCUT2D eigenvalue weighted by atomic mass is 10.0. The standard InChI is InChI=1S/C15H16N4/c1-17-7-10-2-4-11(5-3-10)12-6-13-14(16)9-19-15(13)18-8-12/h2-6,8-9,17H,7,16H2,1H3,(H,18,19). The minimum absolute atomic E-state index is 0.733. The Morgan fingerprint density at radius 1 is 1.21 bits per heavy atom. The number of hydrogen-bond acceptors (Lipinski definition) is 3. The molecule has 3 rings (SSSR count). The van der Waals surface area contributed by atoms with Gasteiger partial charge in [0.1, 0.15) is 5.65 Å². The van der Waals surface area contributed by atoms with Crippen LogP contribution in [0, 0.1) is 0 Å². The Morgan fingerprint density at radius 2 is 2.00 bits per heavy atom. The first kappa shape index (κ1) is 11.7. The van der Waals surface area contributed by atoms with Crippen LogP contribution in [0.25, 0.3) is 22.2 Å². The smallest absolute Gasteiger partial charge is 0.139 e. The largest absolute Gasteiger partial charge is 0.397 e. The number of rotatable bonds is 3. The number of nitrogens with zero attached hydrogens (tertiary/aromatic N) is 1. The molecular weight excluding hydrogens is 236 g/mol. The van der Waals surface area contributed by atoms with E-state index >= 15 is 0 Å². The molecule has 4 heteroatoms. The van der Waals surface area contributed by atoms with E-state index in [4.69, 9.17) is 5.73 Å². The van der Waals surface area contributed by atoms with Crippen LogP contribution in [0.4, 0.5) is 5.69 Å². The van der Waals surface area contributed by atoms with Crippen molar-refractivity contribution in [2.75, 3.05) is 12.8 Å². The molecule has 0 spiro atoms. The molecule has 0 radical (unpaired) electrons. The summed E-state index contributed by atoms with van der Waals surface area (Å²) in [6.07, 6.45) is 3.64. The van der Waals surface area contributed by atoms with Crippen LogP contribution >= 0.6 is 0 Å². The van der Waals surface area contributed by atoms with Gasteiger partial charge in [0.05, 0.1) is 5.69 Å². The van der Waals surface area contributed by atoms with Crippen molar-refractivity contribution in [2.45, 2.75) is 6.54 Å². The SMILES string of the molecule is CNCc1ccc(-c2cnc3[nH]cc(N)c3c2)cc1. The molecule has 4 N–H and O–H groups in total. The zero-order chi connectivity index (χ0) is 13.2.